The van der Waals surface area contributed by atoms with Crippen LogP contribution in [0.2, 0.25) is 0 Å². The lowest BCUT2D eigenvalue weighted by molar-refractivity contribution is 0.0947. The summed E-state index contributed by atoms with van der Waals surface area (Å²) in [7, 11) is 3.94. The summed E-state index contributed by atoms with van der Waals surface area (Å²) in [4.78, 5) is 18.5. The van der Waals surface area contributed by atoms with E-state index in [1.807, 2.05) is 57.1 Å². The Morgan fingerprint density at radius 3 is 2.87 bits per heavy atom. The maximum absolute atomic E-state index is 12.1. The highest BCUT2D eigenvalue weighted by atomic mass is 32.1. The molecule has 0 radical (unpaired) electrons. The van der Waals surface area contributed by atoms with Crippen molar-refractivity contribution in [3.8, 4) is 16.3 Å². The Hall–Kier alpha value is -1.92. The fourth-order valence-electron chi connectivity index (χ4n) is 1.97. The highest BCUT2D eigenvalue weighted by Crippen LogP contribution is 2.27. The Balaban J connectivity index is 2.05. The third-order valence-electron chi connectivity index (χ3n) is 3.03. The van der Waals surface area contributed by atoms with Crippen LogP contribution < -0.4 is 10.1 Å². The zero-order chi connectivity index (χ0) is 16.8. The lowest BCUT2D eigenvalue weighted by Crippen LogP contribution is -2.31. The Morgan fingerprint density at radius 1 is 1.39 bits per heavy atom. The van der Waals surface area contributed by atoms with Crippen molar-refractivity contribution in [3.63, 3.8) is 0 Å². The van der Waals surface area contributed by atoms with Gasteiger partial charge in [-0.3, -0.25) is 4.79 Å². The van der Waals surface area contributed by atoms with Crippen molar-refractivity contribution in [2.45, 2.75) is 20.0 Å². The van der Waals surface area contributed by atoms with Gasteiger partial charge in [0.05, 0.1) is 6.10 Å². The molecule has 1 heterocycles. The molecule has 0 bridgehead atoms. The van der Waals surface area contributed by atoms with Crippen molar-refractivity contribution in [2.24, 2.45) is 0 Å². The van der Waals surface area contributed by atoms with Gasteiger partial charge in [0.25, 0.3) is 5.91 Å². The molecule has 0 aliphatic rings. The fraction of sp³-hybridized carbons (Fsp3) is 0.412. The van der Waals surface area contributed by atoms with Crippen LogP contribution in [0.3, 0.4) is 0 Å². The topological polar surface area (TPSA) is 54.5 Å². The number of aromatic nitrogens is 1. The number of amides is 1. The number of hydrogen-bond donors (Lipinski definition) is 1. The van der Waals surface area contributed by atoms with Gasteiger partial charge in [-0.15, -0.1) is 11.3 Å². The molecule has 0 atom stereocenters. The smallest absolute Gasteiger partial charge is 0.270 e. The van der Waals surface area contributed by atoms with Crippen molar-refractivity contribution < 1.29 is 9.53 Å². The predicted molar refractivity (Wildman–Crippen MR) is 94.2 cm³/mol. The molecule has 2 rings (SSSR count). The van der Waals surface area contributed by atoms with Crippen molar-refractivity contribution in [1.82, 2.24) is 15.2 Å². The number of nitrogens with zero attached hydrogens (tertiary/aromatic N) is 2. The van der Waals surface area contributed by atoms with Gasteiger partial charge in [0.15, 0.2) is 0 Å². The molecule has 5 nitrogen and oxygen atoms in total. The van der Waals surface area contributed by atoms with Gasteiger partial charge in [0.1, 0.15) is 16.5 Å². The summed E-state index contributed by atoms with van der Waals surface area (Å²) in [5.41, 5.74) is 1.42. The summed E-state index contributed by atoms with van der Waals surface area (Å²) in [5, 5.41) is 5.48. The van der Waals surface area contributed by atoms with E-state index < -0.39 is 0 Å². The second-order valence-electron chi connectivity index (χ2n) is 5.79. The molecule has 1 aromatic heterocycles. The summed E-state index contributed by atoms with van der Waals surface area (Å²) in [6, 6.07) is 7.78. The van der Waals surface area contributed by atoms with Gasteiger partial charge in [0, 0.05) is 24.0 Å². The third-order valence-corrected chi connectivity index (χ3v) is 3.93. The number of benzene rings is 1. The normalized spacial score (nSPS) is 11.0. The molecule has 1 aromatic carbocycles. The SMILES string of the molecule is CC(C)Oc1cccc(-c2nc(C(=O)NCCN(C)C)cs2)c1. The second kappa shape index (κ2) is 8.08. The van der Waals surface area contributed by atoms with Crippen LogP contribution in [0.1, 0.15) is 24.3 Å². The monoisotopic (exact) mass is 333 g/mol. The predicted octanol–water partition coefficient (Wildman–Crippen LogP) is 2.89. The van der Waals surface area contributed by atoms with Crippen LogP contribution in [0.5, 0.6) is 5.75 Å². The summed E-state index contributed by atoms with van der Waals surface area (Å²) in [6.07, 6.45) is 0.125. The minimum Gasteiger partial charge on any atom is -0.491 e. The van der Waals surface area contributed by atoms with E-state index in [4.69, 9.17) is 4.74 Å². The van der Waals surface area contributed by atoms with Crippen LogP contribution in [-0.4, -0.2) is 49.1 Å². The first-order valence-corrected chi connectivity index (χ1v) is 8.49. The molecule has 0 aliphatic carbocycles. The number of likely N-dealkylation sites (N-methyl/N-ethyl adjacent to an activating group) is 1. The molecule has 0 unspecified atom stereocenters. The van der Waals surface area contributed by atoms with Gasteiger partial charge in [-0.25, -0.2) is 4.98 Å². The highest BCUT2D eigenvalue weighted by molar-refractivity contribution is 7.13. The summed E-state index contributed by atoms with van der Waals surface area (Å²) < 4.78 is 5.70. The zero-order valence-electron chi connectivity index (χ0n) is 14.0. The molecule has 2 aromatic rings. The molecular weight excluding hydrogens is 310 g/mol. The minimum atomic E-state index is -0.135. The van der Waals surface area contributed by atoms with Crippen molar-refractivity contribution >= 4 is 17.2 Å². The molecule has 0 fully saturated rings. The second-order valence-corrected chi connectivity index (χ2v) is 6.65. The Morgan fingerprint density at radius 2 is 2.17 bits per heavy atom. The first-order chi connectivity index (χ1) is 11.0. The van der Waals surface area contributed by atoms with Gasteiger partial charge < -0.3 is 15.0 Å². The third kappa shape index (κ3) is 5.33. The molecule has 124 valence electrons. The summed E-state index contributed by atoms with van der Waals surface area (Å²) >= 11 is 1.46. The summed E-state index contributed by atoms with van der Waals surface area (Å²) in [6.45, 7) is 5.40. The fourth-order valence-corrected chi connectivity index (χ4v) is 2.77. The minimum absolute atomic E-state index is 0.125. The number of ether oxygens (including phenoxy) is 1. The van der Waals surface area contributed by atoms with E-state index in [1.165, 1.54) is 11.3 Å². The molecule has 6 heteroatoms. The molecule has 23 heavy (non-hydrogen) atoms. The average Bonchev–Trinajstić information content (AvgIpc) is 2.96. The zero-order valence-corrected chi connectivity index (χ0v) is 14.8. The number of rotatable bonds is 7. The van der Waals surface area contributed by atoms with Gasteiger partial charge in [-0.05, 0) is 40.1 Å². The van der Waals surface area contributed by atoms with Crippen molar-refractivity contribution in [1.29, 1.82) is 0 Å². The van der Waals surface area contributed by atoms with Gasteiger partial charge in [0.2, 0.25) is 0 Å². The van der Waals surface area contributed by atoms with Crippen LogP contribution in [0.4, 0.5) is 0 Å². The van der Waals surface area contributed by atoms with Crippen LogP contribution >= 0.6 is 11.3 Å². The van der Waals surface area contributed by atoms with E-state index >= 15 is 0 Å². The lowest BCUT2D eigenvalue weighted by atomic mass is 10.2. The van der Waals surface area contributed by atoms with Crippen molar-refractivity contribution in [3.05, 3.63) is 35.3 Å². The van der Waals surface area contributed by atoms with Crippen LogP contribution in [0.15, 0.2) is 29.6 Å². The van der Waals surface area contributed by atoms with Crippen LogP contribution in [-0.2, 0) is 0 Å². The van der Waals surface area contributed by atoms with E-state index in [0.717, 1.165) is 22.9 Å². The Labute approximate surface area is 141 Å². The largest absolute Gasteiger partial charge is 0.491 e. The van der Waals surface area contributed by atoms with E-state index in [1.54, 1.807) is 5.38 Å². The van der Waals surface area contributed by atoms with Crippen LogP contribution in [0, 0.1) is 0 Å². The number of thiazole rings is 1. The summed E-state index contributed by atoms with van der Waals surface area (Å²) in [5.74, 6) is 0.675. The van der Waals surface area contributed by atoms with Gasteiger partial charge in [-0.2, -0.15) is 0 Å². The molecular formula is C17H23N3O2S. The molecule has 0 saturated carbocycles. The van der Waals surface area contributed by atoms with E-state index in [2.05, 4.69) is 10.3 Å². The molecule has 0 spiro atoms. The number of hydrogen-bond acceptors (Lipinski definition) is 5. The van der Waals surface area contributed by atoms with Crippen LogP contribution in [0.25, 0.3) is 10.6 Å². The maximum atomic E-state index is 12.1. The van der Waals surface area contributed by atoms with E-state index in [-0.39, 0.29) is 12.0 Å². The Kier molecular flexibility index (Phi) is 6.12. The Bertz CT molecular complexity index is 653. The van der Waals surface area contributed by atoms with E-state index in [0.29, 0.717) is 12.2 Å². The number of nitrogens with one attached hydrogen (secondary N) is 1. The van der Waals surface area contributed by atoms with Crippen molar-refractivity contribution in [2.75, 3.05) is 27.2 Å². The molecule has 0 saturated heterocycles. The van der Waals surface area contributed by atoms with Gasteiger partial charge in [-0.1, -0.05) is 12.1 Å². The number of carbonyl (C=O) groups excluding carboxylic acids is 1. The molecule has 0 aliphatic heterocycles. The lowest BCUT2D eigenvalue weighted by Gasteiger charge is -2.10. The average molecular weight is 333 g/mol. The maximum Gasteiger partial charge on any atom is 0.270 e. The quantitative estimate of drug-likeness (QED) is 0.846. The first kappa shape index (κ1) is 17.4. The molecule has 1 amide bonds. The highest BCUT2D eigenvalue weighted by Gasteiger charge is 2.12. The standard InChI is InChI=1S/C17H23N3O2S/c1-12(2)22-14-7-5-6-13(10-14)17-19-15(11-23-17)16(21)18-8-9-20(3)4/h5-7,10-12H,8-9H2,1-4H3,(H,18,21). The number of carbonyl (C=O) groups is 1. The first-order valence-electron chi connectivity index (χ1n) is 7.61. The van der Waals surface area contributed by atoms with E-state index in [9.17, 15) is 4.79 Å². The molecule has 1 N–H and O–H groups in total. The van der Waals surface area contributed by atoms with Gasteiger partial charge >= 0.3 is 0 Å².